The Kier molecular flexibility index (Phi) is 4.20. The Hall–Kier alpha value is -1.03. The van der Waals surface area contributed by atoms with Gasteiger partial charge in [-0.1, -0.05) is 24.9 Å². The monoisotopic (exact) mass is 258 g/mol. The zero-order valence-electron chi connectivity index (χ0n) is 10.7. The molecule has 0 aromatic carbocycles. The van der Waals surface area contributed by atoms with E-state index >= 15 is 0 Å². The van der Waals surface area contributed by atoms with E-state index in [1.807, 2.05) is 20.8 Å². The van der Waals surface area contributed by atoms with Crippen LogP contribution < -0.4 is 0 Å². The second-order valence-electron chi connectivity index (χ2n) is 5.08. The highest BCUT2D eigenvalue weighted by atomic mass is 35.5. The molecular formula is C12H19ClN2O2. The number of aromatic carboxylic acids is 1. The molecule has 0 aliphatic heterocycles. The Morgan fingerprint density at radius 1 is 1.47 bits per heavy atom. The summed E-state index contributed by atoms with van der Waals surface area (Å²) in [6, 6.07) is 0. The maximum atomic E-state index is 11.2. The van der Waals surface area contributed by atoms with Crippen LogP contribution >= 0.6 is 11.6 Å². The highest BCUT2D eigenvalue weighted by Crippen LogP contribution is 2.26. The fourth-order valence-corrected chi connectivity index (χ4v) is 2.11. The number of carbonyl (C=O) groups is 1. The van der Waals surface area contributed by atoms with E-state index in [4.69, 9.17) is 11.6 Å². The third-order valence-electron chi connectivity index (χ3n) is 2.53. The van der Waals surface area contributed by atoms with Gasteiger partial charge in [-0.3, -0.25) is 0 Å². The average Bonchev–Trinajstić information content (AvgIpc) is 2.51. The lowest BCUT2D eigenvalue weighted by Gasteiger charge is -2.25. The number of rotatable bonds is 4. The van der Waals surface area contributed by atoms with Gasteiger partial charge in [0.25, 0.3) is 0 Å². The van der Waals surface area contributed by atoms with Crippen LogP contribution in [0.1, 0.15) is 56.8 Å². The maximum Gasteiger partial charge on any atom is 0.355 e. The molecule has 5 heteroatoms. The lowest BCUT2D eigenvalue weighted by molar-refractivity contribution is 0.0677. The molecule has 0 radical (unpaired) electrons. The largest absolute Gasteiger partial charge is 0.476 e. The minimum Gasteiger partial charge on any atom is -0.476 e. The van der Waals surface area contributed by atoms with Gasteiger partial charge in [-0.05, 0) is 27.2 Å². The van der Waals surface area contributed by atoms with Crippen molar-refractivity contribution in [3.8, 4) is 0 Å². The van der Waals surface area contributed by atoms with Crippen LogP contribution in [0.5, 0.6) is 0 Å². The van der Waals surface area contributed by atoms with E-state index in [0.717, 1.165) is 25.1 Å². The van der Waals surface area contributed by atoms with E-state index in [0.29, 0.717) is 0 Å². The van der Waals surface area contributed by atoms with Gasteiger partial charge in [0, 0.05) is 12.0 Å². The number of carboxylic acid groups (broad SMARTS) is 1. The van der Waals surface area contributed by atoms with Crippen molar-refractivity contribution in [1.29, 1.82) is 0 Å². The molecule has 0 amide bonds. The molecule has 0 unspecified atom stereocenters. The zero-order valence-corrected chi connectivity index (χ0v) is 11.5. The normalized spacial score (nSPS) is 11.8. The van der Waals surface area contributed by atoms with E-state index in [-0.39, 0.29) is 16.4 Å². The van der Waals surface area contributed by atoms with Crippen LogP contribution in [0.4, 0.5) is 0 Å². The van der Waals surface area contributed by atoms with Gasteiger partial charge in [-0.25, -0.2) is 9.78 Å². The number of aromatic nitrogens is 2. The first-order valence-electron chi connectivity index (χ1n) is 5.80. The molecule has 1 aromatic rings. The van der Waals surface area contributed by atoms with Crippen molar-refractivity contribution in [3.63, 3.8) is 0 Å². The van der Waals surface area contributed by atoms with Gasteiger partial charge in [0.15, 0.2) is 10.8 Å². The number of imidazole rings is 1. The highest BCUT2D eigenvalue weighted by Gasteiger charge is 2.28. The molecule has 0 aliphatic carbocycles. The lowest BCUT2D eigenvalue weighted by Crippen LogP contribution is -2.28. The van der Waals surface area contributed by atoms with E-state index < -0.39 is 5.97 Å². The van der Waals surface area contributed by atoms with Gasteiger partial charge in [0.05, 0.1) is 0 Å². The van der Waals surface area contributed by atoms with Crippen molar-refractivity contribution in [2.45, 2.75) is 52.5 Å². The SMILES string of the molecule is CCCCc1nc(Cl)c(C(=O)O)n1C(C)(C)C. The zero-order chi connectivity index (χ0) is 13.2. The Morgan fingerprint density at radius 3 is 2.47 bits per heavy atom. The summed E-state index contributed by atoms with van der Waals surface area (Å²) in [4.78, 5) is 15.4. The second kappa shape index (κ2) is 5.08. The van der Waals surface area contributed by atoms with Gasteiger partial charge >= 0.3 is 5.97 Å². The van der Waals surface area contributed by atoms with Gasteiger partial charge in [-0.2, -0.15) is 0 Å². The number of unbranched alkanes of at least 4 members (excludes halogenated alkanes) is 1. The number of nitrogens with zero attached hydrogens (tertiary/aromatic N) is 2. The topological polar surface area (TPSA) is 55.1 Å². The van der Waals surface area contributed by atoms with Crippen molar-refractivity contribution in [2.75, 3.05) is 0 Å². The fraction of sp³-hybridized carbons (Fsp3) is 0.667. The molecule has 0 bridgehead atoms. The Balaban J connectivity index is 3.31. The molecule has 96 valence electrons. The standard InChI is InChI=1S/C12H19ClN2O2/c1-5-6-7-8-14-10(13)9(11(16)17)15(8)12(2,3)4/h5-7H2,1-4H3,(H,16,17). The molecular weight excluding hydrogens is 240 g/mol. The van der Waals surface area contributed by atoms with Crippen LogP contribution in [0.15, 0.2) is 0 Å². The minimum absolute atomic E-state index is 0.0820. The van der Waals surface area contributed by atoms with E-state index in [1.165, 1.54) is 0 Å². The van der Waals surface area contributed by atoms with Crippen LogP contribution in [0.2, 0.25) is 5.15 Å². The molecule has 0 aliphatic rings. The fourth-order valence-electron chi connectivity index (χ4n) is 1.85. The van der Waals surface area contributed by atoms with Crippen molar-refractivity contribution >= 4 is 17.6 Å². The maximum absolute atomic E-state index is 11.2. The van der Waals surface area contributed by atoms with Gasteiger partial charge < -0.3 is 9.67 Å². The van der Waals surface area contributed by atoms with E-state index in [9.17, 15) is 9.90 Å². The molecule has 0 atom stereocenters. The summed E-state index contributed by atoms with van der Waals surface area (Å²) < 4.78 is 1.73. The number of carboxylic acids is 1. The van der Waals surface area contributed by atoms with Gasteiger partial charge in [0.1, 0.15) is 5.82 Å². The third kappa shape index (κ3) is 3.00. The van der Waals surface area contributed by atoms with Crippen LogP contribution in [0, 0.1) is 0 Å². The van der Waals surface area contributed by atoms with Crippen LogP contribution in [0.25, 0.3) is 0 Å². The lowest BCUT2D eigenvalue weighted by atomic mass is 10.1. The molecule has 0 saturated heterocycles. The van der Waals surface area contributed by atoms with Crippen molar-refractivity contribution in [3.05, 3.63) is 16.7 Å². The number of hydrogen-bond acceptors (Lipinski definition) is 2. The molecule has 0 fully saturated rings. The van der Waals surface area contributed by atoms with Crippen LogP contribution in [0.3, 0.4) is 0 Å². The summed E-state index contributed by atoms with van der Waals surface area (Å²) in [6.07, 6.45) is 2.76. The van der Waals surface area contributed by atoms with Gasteiger partial charge in [0.2, 0.25) is 0 Å². The number of aryl methyl sites for hydroxylation is 1. The molecule has 1 N–H and O–H groups in total. The molecule has 17 heavy (non-hydrogen) atoms. The van der Waals surface area contributed by atoms with E-state index in [2.05, 4.69) is 11.9 Å². The van der Waals surface area contributed by atoms with Gasteiger partial charge in [-0.15, -0.1) is 0 Å². The molecule has 0 saturated carbocycles. The van der Waals surface area contributed by atoms with Crippen molar-refractivity contribution in [2.24, 2.45) is 0 Å². The first-order chi connectivity index (χ1) is 7.79. The summed E-state index contributed by atoms with van der Waals surface area (Å²) in [6.45, 7) is 7.94. The first kappa shape index (κ1) is 14.0. The first-order valence-corrected chi connectivity index (χ1v) is 6.17. The third-order valence-corrected chi connectivity index (χ3v) is 2.80. The predicted molar refractivity (Wildman–Crippen MR) is 67.8 cm³/mol. The minimum atomic E-state index is -1.03. The summed E-state index contributed by atoms with van der Waals surface area (Å²) >= 11 is 5.92. The van der Waals surface area contributed by atoms with Crippen LogP contribution in [-0.4, -0.2) is 20.6 Å². The van der Waals surface area contributed by atoms with Crippen molar-refractivity contribution < 1.29 is 9.90 Å². The molecule has 1 heterocycles. The Labute approximate surface area is 107 Å². The summed E-state index contributed by atoms with van der Waals surface area (Å²) in [5.74, 6) is -0.276. The Morgan fingerprint density at radius 2 is 2.06 bits per heavy atom. The predicted octanol–water partition coefficient (Wildman–Crippen LogP) is 3.33. The van der Waals surface area contributed by atoms with Crippen LogP contribution in [-0.2, 0) is 12.0 Å². The number of hydrogen-bond donors (Lipinski definition) is 1. The molecule has 1 aromatic heterocycles. The summed E-state index contributed by atoms with van der Waals surface area (Å²) in [7, 11) is 0. The number of halogens is 1. The molecule has 1 rings (SSSR count). The second-order valence-corrected chi connectivity index (χ2v) is 5.44. The van der Waals surface area contributed by atoms with Crippen molar-refractivity contribution in [1.82, 2.24) is 9.55 Å². The highest BCUT2D eigenvalue weighted by molar-refractivity contribution is 6.32. The quantitative estimate of drug-likeness (QED) is 0.901. The smallest absolute Gasteiger partial charge is 0.355 e. The summed E-state index contributed by atoms with van der Waals surface area (Å²) in [5, 5.41) is 9.29. The average molecular weight is 259 g/mol. The summed E-state index contributed by atoms with van der Waals surface area (Å²) in [5.41, 5.74) is -0.248. The molecule has 4 nitrogen and oxygen atoms in total. The Bertz CT molecular complexity index is 419. The van der Waals surface area contributed by atoms with E-state index in [1.54, 1.807) is 4.57 Å². The molecule has 0 spiro atoms.